The molecule has 0 aromatic carbocycles. The lowest BCUT2D eigenvalue weighted by Gasteiger charge is -2.33. The molecule has 5 nitrogen and oxygen atoms in total. The summed E-state index contributed by atoms with van der Waals surface area (Å²) in [6.45, 7) is 1.11. The van der Waals surface area contributed by atoms with Gasteiger partial charge >= 0.3 is 12.0 Å². The van der Waals surface area contributed by atoms with E-state index in [-0.39, 0.29) is 6.03 Å². The molecule has 3 rings (SSSR count). The van der Waals surface area contributed by atoms with Crippen LogP contribution >= 0.6 is 23.1 Å². The zero-order chi connectivity index (χ0) is 14.8. The van der Waals surface area contributed by atoms with E-state index in [4.69, 9.17) is 0 Å². The average molecular weight is 326 g/mol. The lowest BCUT2D eigenvalue weighted by Crippen LogP contribution is -2.48. The SMILES string of the molecule is O=C(O)C1c2ccsc2CCN1C(=O)NCC1CCSC1. The number of hydrogen-bond acceptors (Lipinski definition) is 4. The highest BCUT2D eigenvalue weighted by Gasteiger charge is 2.36. The Morgan fingerprint density at radius 2 is 2.33 bits per heavy atom. The fraction of sp³-hybridized carbons (Fsp3) is 0.571. The quantitative estimate of drug-likeness (QED) is 0.893. The first kappa shape index (κ1) is 14.7. The molecule has 2 aliphatic rings. The van der Waals surface area contributed by atoms with Crippen LogP contribution in [-0.4, -0.2) is 46.6 Å². The molecule has 1 fully saturated rings. The number of carbonyl (C=O) groups is 2. The number of carboxylic acid groups (broad SMARTS) is 1. The maximum absolute atomic E-state index is 12.3. The lowest BCUT2D eigenvalue weighted by molar-refractivity contribution is -0.142. The van der Waals surface area contributed by atoms with E-state index in [1.165, 1.54) is 4.90 Å². The van der Waals surface area contributed by atoms with Gasteiger partial charge in [-0.15, -0.1) is 11.3 Å². The minimum atomic E-state index is -0.957. The minimum Gasteiger partial charge on any atom is -0.479 e. The first-order valence-electron chi connectivity index (χ1n) is 7.08. The van der Waals surface area contributed by atoms with Crippen molar-refractivity contribution in [3.63, 3.8) is 0 Å². The second-order valence-corrected chi connectivity index (χ2v) is 7.55. The molecule has 2 atom stereocenters. The summed E-state index contributed by atoms with van der Waals surface area (Å²) < 4.78 is 0. The summed E-state index contributed by atoms with van der Waals surface area (Å²) in [7, 11) is 0. The summed E-state index contributed by atoms with van der Waals surface area (Å²) in [6.07, 6.45) is 1.87. The predicted molar refractivity (Wildman–Crippen MR) is 83.9 cm³/mol. The van der Waals surface area contributed by atoms with E-state index in [0.29, 0.717) is 19.0 Å². The van der Waals surface area contributed by atoms with Gasteiger partial charge in [0, 0.05) is 18.0 Å². The van der Waals surface area contributed by atoms with Gasteiger partial charge in [0.1, 0.15) is 0 Å². The maximum atomic E-state index is 12.3. The Morgan fingerprint density at radius 1 is 1.48 bits per heavy atom. The van der Waals surface area contributed by atoms with E-state index in [2.05, 4.69) is 5.32 Å². The molecule has 2 amide bonds. The smallest absolute Gasteiger partial charge is 0.331 e. The van der Waals surface area contributed by atoms with Crippen LogP contribution in [0.2, 0.25) is 0 Å². The molecule has 0 radical (unpaired) electrons. The summed E-state index contributed by atoms with van der Waals surface area (Å²) in [5.74, 6) is 1.79. The largest absolute Gasteiger partial charge is 0.479 e. The highest BCUT2D eigenvalue weighted by molar-refractivity contribution is 7.99. The van der Waals surface area contributed by atoms with Gasteiger partial charge in [-0.1, -0.05) is 0 Å². The van der Waals surface area contributed by atoms with Crippen molar-refractivity contribution in [3.8, 4) is 0 Å². The van der Waals surface area contributed by atoms with E-state index in [9.17, 15) is 14.7 Å². The van der Waals surface area contributed by atoms with Gasteiger partial charge in [-0.2, -0.15) is 11.8 Å². The van der Waals surface area contributed by atoms with Crippen LogP contribution in [0.5, 0.6) is 0 Å². The molecule has 0 spiro atoms. The van der Waals surface area contributed by atoms with Crippen LogP contribution in [-0.2, 0) is 11.2 Å². The van der Waals surface area contributed by atoms with Gasteiger partial charge in [-0.05, 0) is 47.3 Å². The summed E-state index contributed by atoms with van der Waals surface area (Å²) in [5.41, 5.74) is 0.769. The number of hydrogen-bond donors (Lipinski definition) is 2. The number of rotatable bonds is 3. The predicted octanol–water partition coefficient (Wildman–Crippen LogP) is 2.19. The van der Waals surface area contributed by atoms with Crippen LogP contribution < -0.4 is 5.32 Å². The van der Waals surface area contributed by atoms with Crippen LogP contribution in [0.15, 0.2) is 11.4 Å². The van der Waals surface area contributed by atoms with Crippen molar-refractivity contribution >= 4 is 35.1 Å². The van der Waals surface area contributed by atoms with Gasteiger partial charge in [0.25, 0.3) is 0 Å². The third-order valence-electron chi connectivity index (χ3n) is 4.03. The highest BCUT2D eigenvalue weighted by atomic mass is 32.2. The van der Waals surface area contributed by atoms with Crippen molar-refractivity contribution in [2.24, 2.45) is 5.92 Å². The van der Waals surface area contributed by atoms with Gasteiger partial charge < -0.3 is 15.3 Å². The monoisotopic (exact) mass is 326 g/mol. The Hall–Kier alpha value is -1.21. The third kappa shape index (κ3) is 3.03. The van der Waals surface area contributed by atoms with Crippen LogP contribution in [0, 0.1) is 5.92 Å². The summed E-state index contributed by atoms with van der Waals surface area (Å²) in [5, 5.41) is 14.3. The third-order valence-corrected chi connectivity index (χ3v) is 6.25. The molecule has 1 aromatic heterocycles. The van der Waals surface area contributed by atoms with E-state index in [0.717, 1.165) is 34.8 Å². The molecular weight excluding hydrogens is 308 g/mol. The number of carboxylic acids is 1. The van der Waals surface area contributed by atoms with Crippen molar-refractivity contribution < 1.29 is 14.7 Å². The first-order chi connectivity index (χ1) is 10.2. The van der Waals surface area contributed by atoms with E-state index in [1.807, 2.05) is 23.2 Å². The Kier molecular flexibility index (Phi) is 4.40. The van der Waals surface area contributed by atoms with Gasteiger partial charge in [0.2, 0.25) is 0 Å². The maximum Gasteiger partial charge on any atom is 0.331 e. The van der Waals surface area contributed by atoms with Gasteiger partial charge in [0.15, 0.2) is 6.04 Å². The minimum absolute atomic E-state index is 0.254. The average Bonchev–Trinajstić information content (AvgIpc) is 3.14. The Morgan fingerprint density at radius 3 is 3.05 bits per heavy atom. The van der Waals surface area contributed by atoms with E-state index >= 15 is 0 Å². The number of nitrogens with zero attached hydrogens (tertiary/aromatic N) is 1. The van der Waals surface area contributed by atoms with Crippen molar-refractivity contribution in [1.29, 1.82) is 0 Å². The molecule has 21 heavy (non-hydrogen) atoms. The Bertz CT molecular complexity index is 540. The van der Waals surface area contributed by atoms with Gasteiger partial charge in [-0.3, -0.25) is 0 Å². The normalized spacial score (nSPS) is 24.7. The second-order valence-electron chi connectivity index (χ2n) is 5.40. The molecule has 0 aliphatic carbocycles. The highest BCUT2D eigenvalue weighted by Crippen LogP contribution is 2.33. The molecule has 2 N–H and O–H groups in total. The molecular formula is C14H18N2O3S2. The number of nitrogens with one attached hydrogen (secondary N) is 1. The zero-order valence-corrected chi connectivity index (χ0v) is 13.2. The number of carbonyl (C=O) groups excluding carboxylic acids is 1. The Labute approximate surface area is 131 Å². The van der Waals surface area contributed by atoms with Crippen LogP contribution in [0.4, 0.5) is 4.79 Å². The zero-order valence-electron chi connectivity index (χ0n) is 11.6. The molecule has 7 heteroatoms. The van der Waals surface area contributed by atoms with Crippen LogP contribution in [0.25, 0.3) is 0 Å². The van der Waals surface area contributed by atoms with Crippen molar-refractivity contribution in [3.05, 3.63) is 21.9 Å². The van der Waals surface area contributed by atoms with Crippen LogP contribution in [0.1, 0.15) is 22.9 Å². The molecule has 0 saturated carbocycles. The Balaban J connectivity index is 1.68. The number of thiophene rings is 1. The molecule has 0 bridgehead atoms. The number of amides is 2. The lowest BCUT2D eigenvalue weighted by atomic mass is 10.0. The number of fused-ring (bicyclic) bond motifs is 1. The molecule has 3 heterocycles. The van der Waals surface area contributed by atoms with E-state index in [1.54, 1.807) is 11.3 Å². The fourth-order valence-electron chi connectivity index (χ4n) is 2.88. The second kappa shape index (κ2) is 6.27. The van der Waals surface area contributed by atoms with Gasteiger partial charge in [0.05, 0.1) is 0 Å². The number of urea groups is 1. The molecule has 1 aromatic rings. The number of thioether (sulfide) groups is 1. The van der Waals surface area contributed by atoms with Gasteiger partial charge in [-0.25, -0.2) is 9.59 Å². The number of aliphatic carboxylic acids is 1. The molecule has 114 valence electrons. The van der Waals surface area contributed by atoms with Crippen molar-refractivity contribution in [2.75, 3.05) is 24.6 Å². The summed E-state index contributed by atoms with van der Waals surface area (Å²) >= 11 is 3.48. The fourth-order valence-corrected chi connectivity index (χ4v) is 5.07. The summed E-state index contributed by atoms with van der Waals surface area (Å²) in [4.78, 5) is 26.5. The molecule has 2 aliphatic heterocycles. The molecule has 1 saturated heterocycles. The topological polar surface area (TPSA) is 69.6 Å². The molecule has 2 unspecified atom stereocenters. The summed E-state index contributed by atoms with van der Waals surface area (Å²) in [6, 6.07) is 0.723. The first-order valence-corrected chi connectivity index (χ1v) is 9.11. The van der Waals surface area contributed by atoms with Crippen LogP contribution in [0.3, 0.4) is 0 Å². The van der Waals surface area contributed by atoms with Crippen molar-refractivity contribution in [1.82, 2.24) is 10.2 Å². The standard InChI is InChI=1S/C14H18N2O3S2/c17-13(18)12-10-3-6-21-11(10)1-4-16(12)14(19)15-7-9-2-5-20-8-9/h3,6,9,12H,1-2,4-5,7-8H2,(H,15,19)(H,17,18). The van der Waals surface area contributed by atoms with Crippen molar-refractivity contribution in [2.45, 2.75) is 18.9 Å². The van der Waals surface area contributed by atoms with E-state index < -0.39 is 12.0 Å².